The van der Waals surface area contributed by atoms with E-state index in [9.17, 15) is 14.4 Å². The number of hydrogen-bond acceptors (Lipinski definition) is 11. The van der Waals surface area contributed by atoms with Gasteiger partial charge in [-0.2, -0.15) is 15.2 Å². The summed E-state index contributed by atoms with van der Waals surface area (Å²) in [7, 11) is 0. The molecule has 0 spiro atoms. The number of anilines is 2. The maximum Gasteiger partial charge on any atom is 0.306 e. The van der Waals surface area contributed by atoms with Crippen molar-refractivity contribution in [1.29, 1.82) is 0 Å². The van der Waals surface area contributed by atoms with Crippen molar-refractivity contribution in [2.75, 3.05) is 17.0 Å². The van der Waals surface area contributed by atoms with Crippen LogP contribution in [0.1, 0.15) is 68.1 Å². The molecular weight excluding hydrogens is 623 g/mol. The molecule has 3 heterocycles. The minimum atomic E-state index is -0.468. The van der Waals surface area contributed by atoms with Gasteiger partial charge >= 0.3 is 11.9 Å². The van der Waals surface area contributed by atoms with E-state index in [1.165, 1.54) is 22.5 Å². The first-order valence-electron chi connectivity index (χ1n) is 15.0. The van der Waals surface area contributed by atoms with Gasteiger partial charge in [0.05, 0.1) is 11.9 Å². The highest BCUT2D eigenvalue weighted by molar-refractivity contribution is 7.17. The monoisotopic (exact) mass is 657 g/mol. The fourth-order valence-corrected chi connectivity index (χ4v) is 5.94. The average Bonchev–Trinajstić information content (AvgIpc) is 3.79. The molecule has 13 heteroatoms. The van der Waals surface area contributed by atoms with Crippen LogP contribution in [-0.2, 0) is 14.3 Å². The lowest BCUT2D eigenvalue weighted by Crippen LogP contribution is -2.28. The highest BCUT2D eigenvalue weighted by atomic mass is 32.1. The summed E-state index contributed by atoms with van der Waals surface area (Å²) >= 11 is 2.45. The number of nitrogens with zero attached hydrogens (tertiary/aromatic N) is 5. The fourth-order valence-electron chi connectivity index (χ4n) is 4.48. The van der Waals surface area contributed by atoms with Crippen LogP contribution in [-0.4, -0.2) is 51.3 Å². The fraction of sp³-hybridized carbons (Fsp3) is 0.303. The summed E-state index contributed by atoms with van der Waals surface area (Å²) in [6, 6.07) is 19.0. The molecule has 5 rings (SSSR count). The summed E-state index contributed by atoms with van der Waals surface area (Å²) in [6.45, 7) is 6.08. The number of carbonyl (C=O) groups is 3. The predicted octanol–water partition coefficient (Wildman–Crippen LogP) is 6.51. The molecule has 2 aromatic heterocycles. The first kappa shape index (κ1) is 32.6. The number of esters is 1. The Morgan fingerprint density at radius 3 is 2.37 bits per heavy atom. The summed E-state index contributed by atoms with van der Waals surface area (Å²) in [5.41, 5.74) is 5.30. The summed E-state index contributed by atoms with van der Waals surface area (Å²) in [5, 5.41) is 15.8. The van der Waals surface area contributed by atoms with Gasteiger partial charge in [-0.3, -0.25) is 19.8 Å². The Morgan fingerprint density at radius 1 is 0.957 bits per heavy atom. The number of thiazole rings is 2. The Labute approximate surface area is 275 Å². The Balaban J connectivity index is 1.17. The van der Waals surface area contributed by atoms with Gasteiger partial charge in [-0.05, 0) is 33.6 Å². The maximum atomic E-state index is 13.6. The Hall–Kier alpha value is -4.75. The van der Waals surface area contributed by atoms with Crippen molar-refractivity contribution in [1.82, 2.24) is 15.3 Å². The van der Waals surface area contributed by atoms with Crippen molar-refractivity contribution in [2.24, 2.45) is 10.2 Å². The van der Waals surface area contributed by atoms with E-state index >= 15 is 0 Å². The zero-order chi connectivity index (χ0) is 32.5. The van der Waals surface area contributed by atoms with Crippen LogP contribution >= 0.6 is 22.7 Å². The smallest absolute Gasteiger partial charge is 0.306 e. The molecule has 0 saturated heterocycles. The van der Waals surface area contributed by atoms with Crippen LogP contribution in [0, 0.1) is 0 Å². The molecule has 46 heavy (non-hydrogen) atoms. The van der Waals surface area contributed by atoms with Gasteiger partial charge in [0, 0.05) is 29.5 Å². The minimum absolute atomic E-state index is 0.107. The molecule has 2 aromatic carbocycles. The van der Waals surface area contributed by atoms with Gasteiger partial charge in [-0.25, -0.2) is 9.97 Å². The van der Waals surface area contributed by atoms with E-state index in [1.54, 1.807) is 0 Å². The molecule has 1 aliphatic heterocycles. The highest BCUT2D eigenvalue weighted by Gasteiger charge is 2.36. The van der Waals surface area contributed by atoms with Crippen LogP contribution in [0.5, 0.6) is 0 Å². The lowest BCUT2D eigenvalue weighted by Gasteiger charge is -2.19. The van der Waals surface area contributed by atoms with Crippen LogP contribution in [0.2, 0.25) is 0 Å². The normalized spacial score (nSPS) is 14.0. The molecule has 0 saturated carbocycles. The number of unbranched alkanes of at least 4 members (excludes halogenated alkanes) is 3. The molecule has 4 aromatic rings. The van der Waals surface area contributed by atoms with Gasteiger partial charge in [-0.15, -0.1) is 11.3 Å². The molecule has 0 aliphatic carbocycles. The van der Waals surface area contributed by atoms with Gasteiger partial charge < -0.3 is 10.1 Å². The van der Waals surface area contributed by atoms with Crippen molar-refractivity contribution < 1.29 is 19.1 Å². The number of nitrogens with one attached hydrogen (secondary N) is 2. The second-order valence-corrected chi connectivity index (χ2v) is 13.3. The number of carbonyl (C=O) groups excluding carboxylic acids is 3. The van der Waals surface area contributed by atoms with Crippen molar-refractivity contribution in [2.45, 2.75) is 58.5 Å². The Bertz CT molecular complexity index is 1730. The Kier molecular flexibility index (Phi) is 10.7. The summed E-state index contributed by atoms with van der Waals surface area (Å²) in [6.07, 6.45) is 5.19. The molecule has 11 nitrogen and oxygen atoms in total. The number of benzene rings is 2. The molecule has 2 N–H and O–H groups in total. The standard InChI is InChI=1S/C33H35N7O4S2/c1-33(2,3)44-26(41)18-12-4-5-13-19-34-29(42)25-20-35-31(46-25)38-37-28-27(23-16-10-7-11-17-23)39-40(30(28)43)32-36-24(21-45-32)22-14-8-6-9-15-22/h6-11,14-17,20-21H,4-5,12-13,18-19H2,1-3H3,(H,34,42)(H,35,38)/b37-28+. The molecule has 2 amide bonds. The number of rotatable bonds is 13. The lowest BCUT2D eigenvalue weighted by atomic mass is 10.1. The van der Waals surface area contributed by atoms with E-state index in [-0.39, 0.29) is 17.6 Å². The summed E-state index contributed by atoms with van der Waals surface area (Å²) in [5.74, 6) is -0.851. The van der Waals surface area contributed by atoms with Crippen LogP contribution in [0.25, 0.3) is 11.3 Å². The van der Waals surface area contributed by atoms with E-state index in [1.807, 2.05) is 86.8 Å². The van der Waals surface area contributed by atoms with Crippen molar-refractivity contribution in [3.8, 4) is 11.3 Å². The third kappa shape index (κ3) is 8.70. The van der Waals surface area contributed by atoms with Crippen LogP contribution in [0.3, 0.4) is 0 Å². The van der Waals surface area contributed by atoms with E-state index in [0.29, 0.717) is 33.8 Å². The Morgan fingerprint density at radius 2 is 1.65 bits per heavy atom. The topological polar surface area (TPSA) is 138 Å². The van der Waals surface area contributed by atoms with Crippen molar-refractivity contribution in [3.05, 3.63) is 82.7 Å². The molecule has 0 fully saturated rings. The van der Waals surface area contributed by atoms with Gasteiger partial charge in [0.15, 0.2) is 5.71 Å². The number of hydrogen-bond donors (Lipinski definition) is 2. The molecule has 1 aliphatic rings. The number of amides is 2. The number of aromatic nitrogens is 2. The summed E-state index contributed by atoms with van der Waals surface area (Å²) < 4.78 is 5.32. The predicted molar refractivity (Wildman–Crippen MR) is 182 cm³/mol. The van der Waals surface area contributed by atoms with Crippen LogP contribution < -0.4 is 15.8 Å². The zero-order valence-corrected chi connectivity index (χ0v) is 27.5. The lowest BCUT2D eigenvalue weighted by molar-refractivity contribution is -0.154. The number of ether oxygens (including phenoxy) is 1. The van der Waals surface area contributed by atoms with E-state index in [2.05, 4.69) is 30.9 Å². The minimum Gasteiger partial charge on any atom is -0.460 e. The molecule has 0 unspecified atom stereocenters. The molecular formula is C33H35N7O4S2. The highest BCUT2D eigenvalue weighted by Crippen LogP contribution is 2.30. The van der Waals surface area contributed by atoms with E-state index < -0.39 is 11.5 Å². The number of hydrazone groups is 2. The molecule has 0 radical (unpaired) electrons. The van der Waals surface area contributed by atoms with Gasteiger partial charge in [0.25, 0.3) is 5.91 Å². The SMILES string of the molecule is CC(C)(C)OC(=O)CCCCCCNC(=O)c1cnc(N/N=C2/C(=O)N(c3nc(-c4ccccc4)cs3)N=C2c2ccccc2)s1. The third-order valence-corrected chi connectivity index (χ3v) is 8.33. The van der Waals surface area contributed by atoms with E-state index in [4.69, 9.17) is 4.74 Å². The first-order chi connectivity index (χ1) is 22.2. The largest absolute Gasteiger partial charge is 0.460 e. The maximum absolute atomic E-state index is 13.6. The van der Waals surface area contributed by atoms with Crippen molar-refractivity contribution in [3.63, 3.8) is 0 Å². The molecule has 0 bridgehead atoms. The summed E-state index contributed by atoms with van der Waals surface area (Å²) in [4.78, 5) is 47.4. The van der Waals surface area contributed by atoms with Gasteiger partial charge in [-0.1, -0.05) is 84.8 Å². The van der Waals surface area contributed by atoms with Crippen molar-refractivity contribution >= 4 is 62.1 Å². The first-order valence-corrected chi connectivity index (χ1v) is 16.7. The van der Waals surface area contributed by atoms with Gasteiger partial charge in [0.1, 0.15) is 16.2 Å². The van der Waals surface area contributed by atoms with Crippen LogP contribution in [0.4, 0.5) is 10.3 Å². The zero-order valence-electron chi connectivity index (χ0n) is 25.9. The molecule has 0 atom stereocenters. The third-order valence-electron chi connectivity index (χ3n) is 6.62. The second kappa shape index (κ2) is 15.0. The molecule has 238 valence electrons. The quantitative estimate of drug-likeness (QED) is 0.0950. The van der Waals surface area contributed by atoms with Gasteiger partial charge in [0.2, 0.25) is 10.3 Å². The van der Waals surface area contributed by atoms with E-state index in [0.717, 1.165) is 53.8 Å². The average molecular weight is 658 g/mol. The van der Waals surface area contributed by atoms with Crippen LogP contribution in [0.15, 0.2) is 82.4 Å². The second-order valence-electron chi connectivity index (χ2n) is 11.4.